The number of carbonyl (C=O) groups is 3. The summed E-state index contributed by atoms with van der Waals surface area (Å²) in [6.07, 6.45) is 3.88. The summed E-state index contributed by atoms with van der Waals surface area (Å²) in [5.74, 6) is 0.466. The molecule has 1 unspecified atom stereocenters. The molecular weight excluding hydrogens is 576 g/mol. The van der Waals surface area contributed by atoms with Crippen LogP contribution >= 0.6 is 0 Å². The summed E-state index contributed by atoms with van der Waals surface area (Å²) in [6, 6.07) is 18.5. The standard InChI is InChI=1S/C36H38O9/c1-4-34(38)43-19-7-5-18-42-28-13-15-30-31-16-14-29(22-33(31)25(3)32(30)21-28)45-36(40)26-9-11-27(12-10-26)41-17-6-8-20-44-35(39)24(2)23-37/h4,9-16,21-22,25,37H,1-2,5-8,17-20,23H2,3H3. The van der Waals surface area contributed by atoms with Gasteiger partial charge in [-0.25, -0.2) is 14.4 Å². The Morgan fingerprint density at radius 2 is 1.29 bits per heavy atom. The number of benzene rings is 3. The van der Waals surface area contributed by atoms with Crippen LogP contribution in [0.5, 0.6) is 17.2 Å². The molecule has 3 aromatic carbocycles. The van der Waals surface area contributed by atoms with E-state index in [9.17, 15) is 14.4 Å². The Kier molecular flexibility index (Phi) is 11.9. The normalized spacial score (nSPS) is 12.8. The number of rotatable bonds is 17. The molecule has 9 heteroatoms. The molecule has 1 atom stereocenters. The lowest BCUT2D eigenvalue weighted by molar-refractivity contribution is -0.140. The van der Waals surface area contributed by atoms with Crippen LogP contribution in [0.25, 0.3) is 11.1 Å². The fourth-order valence-electron chi connectivity index (χ4n) is 4.81. The van der Waals surface area contributed by atoms with Crippen molar-refractivity contribution in [1.29, 1.82) is 0 Å². The molecule has 0 amide bonds. The largest absolute Gasteiger partial charge is 0.494 e. The minimum absolute atomic E-state index is 0.0255. The van der Waals surface area contributed by atoms with Gasteiger partial charge in [-0.3, -0.25) is 0 Å². The SMILES string of the molecule is C=CC(=O)OCCCCOc1ccc2c(c1)C(C)c1cc(OC(=O)c3ccc(OCCCCOC(=O)C(=C)CO)cc3)ccc1-2. The summed E-state index contributed by atoms with van der Waals surface area (Å²) in [6.45, 7) is 9.98. The molecule has 0 aliphatic heterocycles. The van der Waals surface area contributed by atoms with E-state index in [1.807, 2.05) is 18.2 Å². The average Bonchev–Trinajstić information content (AvgIpc) is 3.33. The minimum atomic E-state index is -0.601. The first-order valence-electron chi connectivity index (χ1n) is 14.9. The number of fused-ring (bicyclic) bond motifs is 3. The van der Waals surface area contributed by atoms with Gasteiger partial charge in [-0.15, -0.1) is 0 Å². The number of aliphatic hydroxyl groups is 1. The van der Waals surface area contributed by atoms with Gasteiger partial charge < -0.3 is 28.8 Å². The first kappa shape index (κ1) is 33.0. The van der Waals surface area contributed by atoms with E-state index in [4.69, 9.17) is 28.8 Å². The zero-order valence-electron chi connectivity index (χ0n) is 25.4. The van der Waals surface area contributed by atoms with Crippen LogP contribution in [-0.4, -0.2) is 56.0 Å². The van der Waals surface area contributed by atoms with Crippen LogP contribution in [0.4, 0.5) is 0 Å². The Hall–Kier alpha value is -4.89. The predicted molar refractivity (Wildman–Crippen MR) is 169 cm³/mol. The Balaban J connectivity index is 1.24. The van der Waals surface area contributed by atoms with Crippen LogP contribution in [0.3, 0.4) is 0 Å². The van der Waals surface area contributed by atoms with Gasteiger partial charge in [-0.05, 0) is 96.5 Å². The lowest BCUT2D eigenvalue weighted by Gasteiger charge is -2.11. The van der Waals surface area contributed by atoms with Crippen molar-refractivity contribution >= 4 is 17.9 Å². The van der Waals surface area contributed by atoms with Gasteiger partial charge in [0.1, 0.15) is 17.2 Å². The Labute approximate surface area is 263 Å². The molecular formula is C36H38O9. The molecule has 1 aliphatic carbocycles. The maximum absolute atomic E-state index is 12.9. The van der Waals surface area contributed by atoms with Crippen molar-refractivity contribution in [2.24, 2.45) is 0 Å². The molecule has 0 fully saturated rings. The van der Waals surface area contributed by atoms with E-state index in [2.05, 4.69) is 32.2 Å². The summed E-state index contributed by atoms with van der Waals surface area (Å²) < 4.78 is 27.3. The van der Waals surface area contributed by atoms with Crippen molar-refractivity contribution in [3.05, 3.63) is 102 Å². The number of ether oxygens (including phenoxy) is 5. The molecule has 0 saturated carbocycles. The monoisotopic (exact) mass is 614 g/mol. The van der Waals surface area contributed by atoms with E-state index in [0.717, 1.165) is 40.5 Å². The van der Waals surface area contributed by atoms with E-state index >= 15 is 0 Å². The molecule has 4 rings (SSSR count). The van der Waals surface area contributed by atoms with E-state index in [1.165, 1.54) is 0 Å². The van der Waals surface area contributed by atoms with Gasteiger partial charge in [-0.2, -0.15) is 0 Å². The number of carbonyl (C=O) groups excluding carboxylic acids is 3. The summed E-state index contributed by atoms with van der Waals surface area (Å²) >= 11 is 0. The van der Waals surface area contributed by atoms with E-state index < -0.39 is 24.5 Å². The second-order valence-electron chi connectivity index (χ2n) is 10.5. The van der Waals surface area contributed by atoms with Crippen molar-refractivity contribution in [1.82, 2.24) is 0 Å². The molecule has 3 aromatic rings. The van der Waals surface area contributed by atoms with Gasteiger partial charge in [0.05, 0.1) is 44.2 Å². The van der Waals surface area contributed by atoms with Crippen LogP contribution in [-0.2, 0) is 19.1 Å². The van der Waals surface area contributed by atoms with E-state index in [0.29, 0.717) is 56.1 Å². The second kappa shape index (κ2) is 16.3. The third-order valence-corrected chi connectivity index (χ3v) is 7.31. The molecule has 0 spiro atoms. The van der Waals surface area contributed by atoms with Gasteiger partial charge in [0.25, 0.3) is 0 Å². The number of unbranched alkanes of at least 4 members (excludes halogenated alkanes) is 2. The van der Waals surface area contributed by atoms with Gasteiger partial charge in [0.15, 0.2) is 0 Å². The lowest BCUT2D eigenvalue weighted by atomic mass is 9.99. The van der Waals surface area contributed by atoms with E-state index in [-0.39, 0.29) is 18.1 Å². The van der Waals surface area contributed by atoms with Crippen LogP contribution in [0.15, 0.2) is 85.5 Å². The number of hydrogen-bond donors (Lipinski definition) is 1. The smallest absolute Gasteiger partial charge is 0.343 e. The lowest BCUT2D eigenvalue weighted by Crippen LogP contribution is -2.11. The molecule has 1 aliphatic rings. The molecule has 0 bridgehead atoms. The third kappa shape index (κ3) is 9.06. The Morgan fingerprint density at radius 3 is 1.91 bits per heavy atom. The zero-order valence-corrected chi connectivity index (χ0v) is 25.4. The summed E-state index contributed by atoms with van der Waals surface area (Å²) in [5, 5.41) is 8.87. The van der Waals surface area contributed by atoms with Crippen molar-refractivity contribution in [3.63, 3.8) is 0 Å². The first-order chi connectivity index (χ1) is 21.8. The summed E-state index contributed by atoms with van der Waals surface area (Å²) in [5.41, 5.74) is 4.88. The zero-order chi connectivity index (χ0) is 32.2. The van der Waals surface area contributed by atoms with Crippen molar-refractivity contribution in [3.8, 4) is 28.4 Å². The molecule has 0 heterocycles. The average molecular weight is 615 g/mol. The predicted octanol–water partition coefficient (Wildman–Crippen LogP) is 6.18. The maximum Gasteiger partial charge on any atom is 0.343 e. The van der Waals surface area contributed by atoms with Crippen LogP contribution in [0.1, 0.15) is 60.0 Å². The van der Waals surface area contributed by atoms with Crippen LogP contribution in [0.2, 0.25) is 0 Å². The highest BCUT2D eigenvalue weighted by molar-refractivity contribution is 5.91. The fraction of sp³-hybridized carbons (Fsp3) is 0.306. The van der Waals surface area contributed by atoms with Crippen LogP contribution in [0, 0.1) is 0 Å². The molecule has 9 nitrogen and oxygen atoms in total. The Morgan fingerprint density at radius 1 is 0.756 bits per heavy atom. The fourth-order valence-corrected chi connectivity index (χ4v) is 4.81. The van der Waals surface area contributed by atoms with Gasteiger partial charge in [0.2, 0.25) is 0 Å². The third-order valence-electron chi connectivity index (χ3n) is 7.31. The van der Waals surface area contributed by atoms with Crippen LogP contribution < -0.4 is 14.2 Å². The number of aliphatic hydroxyl groups excluding tert-OH is 1. The highest BCUT2D eigenvalue weighted by Gasteiger charge is 2.27. The van der Waals surface area contributed by atoms with E-state index in [1.54, 1.807) is 30.3 Å². The highest BCUT2D eigenvalue weighted by atomic mass is 16.5. The minimum Gasteiger partial charge on any atom is -0.494 e. The molecule has 0 radical (unpaired) electrons. The van der Waals surface area contributed by atoms with Crippen molar-refractivity contribution < 1.29 is 43.2 Å². The Bertz CT molecular complexity index is 1520. The first-order valence-corrected chi connectivity index (χ1v) is 14.9. The second-order valence-corrected chi connectivity index (χ2v) is 10.5. The number of esters is 3. The maximum atomic E-state index is 12.9. The van der Waals surface area contributed by atoms with Gasteiger partial charge in [0, 0.05) is 12.0 Å². The summed E-state index contributed by atoms with van der Waals surface area (Å²) in [4.78, 5) is 35.4. The quantitative estimate of drug-likeness (QED) is 0.0824. The topological polar surface area (TPSA) is 118 Å². The van der Waals surface area contributed by atoms with Gasteiger partial charge in [-0.1, -0.05) is 32.2 Å². The molecule has 0 saturated heterocycles. The van der Waals surface area contributed by atoms with Crippen molar-refractivity contribution in [2.75, 3.05) is 33.0 Å². The highest BCUT2D eigenvalue weighted by Crippen LogP contribution is 2.47. The van der Waals surface area contributed by atoms with Crippen molar-refractivity contribution in [2.45, 2.75) is 38.5 Å². The molecule has 45 heavy (non-hydrogen) atoms. The molecule has 0 aromatic heterocycles. The van der Waals surface area contributed by atoms with Gasteiger partial charge >= 0.3 is 17.9 Å². The molecule has 236 valence electrons. The summed E-state index contributed by atoms with van der Waals surface area (Å²) in [7, 11) is 0. The number of hydrogen-bond acceptors (Lipinski definition) is 9. The molecule has 1 N–H and O–H groups in total.